The maximum absolute atomic E-state index is 12.5. The van der Waals surface area contributed by atoms with Crippen molar-refractivity contribution in [3.05, 3.63) is 65.2 Å². The molecule has 0 aliphatic heterocycles. The summed E-state index contributed by atoms with van der Waals surface area (Å²) in [7, 11) is -2.27. The molecule has 1 amide bonds. The molecule has 1 N–H and O–H groups in total. The average Bonchev–Trinajstić information content (AvgIpc) is 2.62. The Bertz CT molecular complexity index is 864. The van der Waals surface area contributed by atoms with Crippen molar-refractivity contribution < 1.29 is 13.2 Å². The number of hydrogen-bond acceptors (Lipinski definition) is 3. The molecule has 6 heteroatoms. The molecule has 2 aromatic rings. The molecule has 0 spiro atoms. The smallest absolute Gasteiger partial charge is 0.243 e. The van der Waals surface area contributed by atoms with E-state index < -0.39 is 10.0 Å². The van der Waals surface area contributed by atoms with E-state index in [1.54, 1.807) is 18.2 Å². The van der Waals surface area contributed by atoms with E-state index in [9.17, 15) is 13.2 Å². The predicted octanol–water partition coefficient (Wildman–Crippen LogP) is 3.19. The molecule has 0 bridgehead atoms. The molecule has 0 radical (unpaired) electrons. The van der Waals surface area contributed by atoms with Gasteiger partial charge in [-0.3, -0.25) is 4.79 Å². The molecule has 2 rings (SSSR count). The Kier molecular flexibility index (Phi) is 6.56. The highest BCUT2D eigenvalue weighted by Gasteiger charge is 2.23. The molecule has 140 valence electrons. The van der Waals surface area contributed by atoms with Crippen LogP contribution in [0.2, 0.25) is 0 Å². The summed E-state index contributed by atoms with van der Waals surface area (Å²) in [6.07, 6.45) is 0.726. The number of carbonyl (C=O) groups excluding carboxylic acids is 1. The van der Waals surface area contributed by atoms with Gasteiger partial charge in [-0.1, -0.05) is 43.3 Å². The first-order chi connectivity index (χ1) is 12.3. The van der Waals surface area contributed by atoms with Crippen molar-refractivity contribution in [2.75, 3.05) is 13.6 Å². The third kappa shape index (κ3) is 4.71. The Morgan fingerprint density at radius 1 is 1.08 bits per heavy atom. The number of nitrogens with one attached hydrogen (secondary N) is 1. The highest BCUT2D eigenvalue weighted by Crippen LogP contribution is 2.20. The third-order valence-corrected chi connectivity index (χ3v) is 6.31. The molecule has 5 nitrogen and oxygen atoms in total. The van der Waals surface area contributed by atoms with Crippen molar-refractivity contribution in [1.29, 1.82) is 0 Å². The number of benzene rings is 2. The molecule has 2 aromatic carbocycles. The molecule has 1 unspecified atom stereocenters. The topological polar surface area (TPSA) is 66.5 Å². The van der Waals surface area contributed by atoms with Crippen LogP contribution in [0.15, 0.2) is 53.4 Å². The first-order valence-corrected chi connectivity index (χ1v) is 10.1. The number of rotatable bonds is 7. The van der Waals surface area contributed by atoms with Gasteiger partial charge in [-0.05, 0) is 49.1 Å². The van der Waals surface area contributed by atoms with Crippen LogP contribution in [0.1, 0.15) is 36.1 Å². The summed E-state index contributed by atoms with van der Waals surface area (Å²) in [4.78, 5) is 12.6. The van der Waals surface area contributed by atoms with Crippen molar-refractivity contribution >= 4 is 15.9 Å². The summed E-state index contributed by atoms with van der Waals surface area (Å²) < 4.78 is 26.1. The normalized spacial score (nSPS) is 12.8. The fourth-order valence-electron chi connectivity index (χ4n) is 2.70. The van der Waals surface area contributed by atoms with Gasteiger partial charge >= 0.3 is 0 Å². The number of amides is 1. The number of hydrogen-bond donors (Lipinski definition) is 1. The Balaban J connectivity index is 2.07. The molecular weight excluding hydrogens is 348 g/mol. The molecule has 0 aliphatic carbocycles. The number of likely N-dealkylation sites (N-methyl/N-ethyl adjacent to an activating group) is 1. The van der Waals surface area contributed by atoms with Crippen molar-refractivity contribution in [1.82, 2.24) is 9.62 Å². The van der Waals surface area contributed by atoms with E-state index in [0.717, 1.165) is 16.3 Å². The van der Waals surface area contributed by atoms with Gasteiger partial charge in [0.25, 0.3) is 0 Å². The molecule has 1 atom stereocenters. The Labute approximate surface area is 156 Å². The quantitative estimate of drug-likeness (QED) is 0.809. The fourth-order valence-corrected chi connectivity index (χ4v) is 3.85. The van der Waals surface area contributed by atoms with E-state index in [0.29, 0.717) is 0 Å². The molecule has 0 fully saturated rings. The van der Waals surface area contributed by atoms with Crippen LogP contribution < -0.4 is 5.32 Å². The number of aryl methyl sites for hydroxylation is 2. The molecule has 0 heterocycles. The molecule has 26 heavy (non-hydrogen) atoms. The highest BCUT2D eigenvalue weighted by atomic mass is 32.2. The van der Waals surface area contributed by atoms with Gasteiger partial charge < -0.3 is 5.32 Å². The van der Waals surface area contributed by atoms with Crippen molar-refractivity contribution in [3.8, 4) is 0 Å². The number of sulfonamides is 1. The molecular formula is C20H26N2O3S. The van der Waals surface area contributed by atoms with Gasteiger partial charge in [0.2, 0.25) is 15.9 Å². The zero-order valence-electron chi connectivity index (χ0n) is 15.7. The van der Waals surface area contributed by atoms with Gasteiger partial charge in [-0.2, -0.15) is 4.31 Å². The van der Waals surface area contributed by atoms with Gasteiger partial charge in [0.1, 0.15) is 0 Å². The van der Waals surface area contributed by atoms with Crippen LogP contribution in [0.5, 0.6) is 0 Å². The summed E-state index contributed by atoms with van der Waals surface area (Å²) in [6.45, 7) is 5.85. The Morgan fingerprint density at radius 3 is 2.31 bits per heavy atom. The van der Waals surface area contributed by atoms with Gasteiger partial charge in [-0.15, -0.1) is 0 Å². The second-order valence-corrected chi connectivity index (χ2v) is 8.49. The number of nitrogens with zero attached hydrogens (tertiary/aromatic N) is 1. The van der Waals surface area contributed by atoms with E-state index in [1.807, 2.05) is 32.9 Å². The highest BCUT2D eigenvalue weighted by molar-refractivity contribution is 7.89. The second kappa shape index (κ2) is 8.47. The lowest BCUT2D eigenvalue weighted by molar-refractivity contribution is -0.121. The van der Waals surface area contributed by atoms with E-state index in [2.05, 4.69) is 11.4 Å². The summed E-state index contributed by atoms with van der Waals surface area (Å²) in [5.74, 6) is -0.322. The first-order valence-electron chi connectivity index (χ1n) is 8.63. The second-order valence-electron chi connectivity index (χ2n) is 6.45. The maximum atomic E-state index is 12.5. The van der Waals surface area contributed by atoms with Crippen molar-refractivity contribution in [3.63, 3.8) is 0 Å². The minimum atomic E-state index is -3.68. The Morgan fingerprint density at radius 2 is 1.73 bits per heavy atom. The van der Waals surface area contributed by atoms with E-state index >= 15 is 0 Å². The van der Waals surface area contributed by atoms with E-state index in [4.69, 9.17) is 0 Å². The van der Waals surface area contributed by atoms with Gasteiger partial charge in [0.05, 0.1) is 17.5 Å². The van der Waals surface area contributed by atoms with Crippen LogP contribution in [0.25, 0.3) is 0 Å². The first kappa shape index (κ1) is 20.1. The fraction of sp³-hybridized carbons (Fsp3) is 0.350. The zero-order valence-corrected chi connectivity index (χ0v) is 16.5. The maximum Gasteiger partial charge on any atom is 0.243 e. The van der Waals surface area contributed by atoms with Gasteiger partial charge in [0.15, 0.2) is 0 Å². The van der Waals surface area contributed by atoms with Crippen molar-refractivity contribution in [2.45, 2.75) is 38.1 Å². The molecule has 0 saturated carbocycles. The van der Waals surface area contributed by atoms with E-state index in [1.165, 1.54) is 30.3 Å². The van der Waals surface area contributed by atoms with Crippen LogP contribution in [-0.4, -0.2) is 32.2 Å². The third-order valence-electron chi connectivity index (χ3n) is 4.49. The lowest BCUT2D eigenvalue weighted by atomic mass is 9.99. The monoisotopic (exact) mass is 374 g/mol. The van der Waals surface area contributed by atoms with Crippen LogP contribution in [0, 0.1) is 13.8 Å². The summed E-state index contributed by atoms with van der Waals surface area (Å²) in [5.41, 5.74) is 3.39. The van der Waals surface area contributed by atoms with Crippen LogP contribution in [0.3, 0.4) is 0 Å². The average molecular weight is 375 g/mol. The van der Waals surface area contributed by atoms with Gasteiger partial charge in [-0.25, -0.2) is 8.42 Å². The van der Waals surface area contributed by atoms with Crippen LogP contribution in [-0.2, 0) is 14.8 Å². The van der Waals surface area contributed by atoms with Gasteiger partial charge in [0, 0.05) is 7.05 Å². The molecule has 0 saturated heterocycles. The Hall–Kier alpha value is -2.18. The summed E-state index contributed by atoms with van der Waals surface area (Å²) in [5, 5.41) is 2.94. The standard InChI is InChI=1S/C20H26N2O3S/c1-5-19(17-12-11-15(2)16(3)13-17)21-20(23)14-22(4)26(24,25)18-9-7-6-8-10-18/h6-13,19H,5,14H2,1-4H3,(H,21,23). The lowest BCUT2D eigenvalue weighted by Gasteiger charge is -2.21. The van der Waals surface area contributed by atoms with Crippen molar-refractivity contribution in [2.24, 2.45) is 0 Å². The predicted molar refractivity (Wildman–Crippen MR) is 103 cm³/mol. The van der Waals surface area contributed by atoms with Crippen LogP contribution >= 0.6 is 0 Å². The molecule has 0 aromatic heterocycles. The SMILES string of the molecule is CCC(NC(=O)CN(C)S(=O)(=O)c1ccccc1)c1ccc(C)c(C)c1. The largest absolute Gasteiger partial charge is 0.348 e. The summed E-state index contributed by atoms with van der Waals surface area (Å²) >= 11 is 0. The molecule has 0 aliphatic rings. The summed E-state index contributed by atoms with van der Waals surface area (Å²) in [6, 6.07) is 14.1. The lowest BCUT2D eigenvalue weighted by Crippen LogP contribution is -2.39. The minimum absolute atomic E-state index is 0.144. The number of carbonyl (C=O) groups is 1. The minimum Gasteiger partial charge on any atom is -0.348 e. The zero-order chi connectivity index (χ0) is 19.3. The van der Waals surface area contributed by atoms with E-state index in [-0.39, 0.29) is 23.4 Å². The van der Waals surface area contributed by atoms with Crippen LogP contribution in [0.4, 0.5) is 0 Å².